The van der Waals surface area contributed by atoms with Crippen molar-refractivity contribution in [1.29, 1.82) is 0 Å². The zero-order valence-electron chi connectivity index (χ0n) is 15.3. The van der Waals surface area contributed by atoms with E-state index in [1.54, 1.807) is 11.3 Å². The van der Waals surface area contributed by atoms with E-state index < -0.39 is 0 Å². The van der Waals surface area contributed by atoms with Crippen molar-refractivity contribution in [3.05, 3.63) is 86.0 Å². The van der Waals surface area contributed by atoms with Gasteiger partial charge in [0.25, 0.3) is 5.56 Å². The third kappa shape index (κ3) is 3.07. The first-order valence-electron chi connectivity index (χ1n) is 9.55. The van der Waals surface area contributed by atoms with Crippen molar-refractivity contribution < 1.29 is 0 Å². The normalized spacial score (nSPS) is 13.6. The van der Waals surface area contributed by atoms with Crippen LogP contribution in [0.25, 0.3) is 21.6 Å². The fraction of sp³-hybridized carbons (Fsp3) is 0.217. The summed E-state index contributed by atoms with van der Waals surface area (Å²) in [5.74, 6) is 0.719. The number of benzene rings is 2. The summed E-state index contributed by atoms with van der Waals surface area (Å²) in [6.07, 6.45) is 4.38. The van der Waals surface area contributed by atoms with Gasteiger partial charge in [-0.2, -0.15) is 0 Å². The average molecular weight is 407 g/mol. The molecule has 0 saturated heterocycles. The number of nitrogens with zero attached hydrogens (tertiary/aromatic N) is 2. The molecule has 28 heavy (non-hydrogen) atoms. The van der Waals surface area contributed by atoms with Gasteiger partial charge < -0.3 is 0 Å². The van der Waals surface area contributed by atoms with E-state index >= 15 is 0 Å². The monoisotopic (exact) mass is 406 g/mol. The molecule has 5 heteroatoms. The number of aromatic nitrogens is 2. The summed E-state index contributed by atoms with van der Waals surface area (Å²) in [6.45, 7) is 0.456. The standard InChI is InChI=1S/C23H19ClN2OS/c24-17-10-6-7-15(13-17)14-26-21(16-8-2-1-3-9-16)25-22-20(23(26)27)18-11-4-5-12-19(18)28-22/h1-3,6-10,13H,4-5,11-12,14H2. The predicted molar refractivity (Wildman–Crippen MR) is 117 cm³/mol. The molecule has 5 rings (SSSR count). The van der Waals surface area contributed by atoms with Crippen LogP contribution >= 0.6 is 22.9 Å². The van der Waals surface area contributed by atoms with Gasteiger partial charge in [0, 0.05) is 15.5 Å². The molecule has 0 unspecified atom stereocenters. The lowest BCUT2D eigenvalue weighted by Gasteiger charge is -2.14. The van der Waals surface area contributed by atoms with Crippen molar-refractivity contribution in [3.63, 3.8) is 0 Å². The maximum atomic E-state index is 13.6. The van der Waals surface area contributed by atoms with E-state index in [2.05, 4.69) is 0 Å². The largest absolute Gasteiger partial charge is 0.288 e. The Kier molecular flexibility index (Phi) is 4.53. The first-order valence-corrected chi connectivity index (χ1v) is 10.7. The number of aryl methyl sites for hydroxylation is 2. The molecule has 0 spiro atoms. The fourth-order valence-corrected chi connectivity index (χ4v) is 5.48. The lowest BCUT2D eigenvalue weighted by atomic mass is 9.97. The van der Waals surface area contributed by atoms with Crippen molar-refractivity contribution in [2.45, 2.75) is 32.2 Å². The minimum absolute atomic E-state index is 0.0585. The summed E-state index contributed by atoms with van der Waals surface area (Å²) >= 11 is 7.87. The molecule has 2 heterocycles. The number of halogens is 1. The van der Waals surface area contributed by atoms with Crippen LogP contribution in [0.4, 0.5) is 0 Å². The van der Waals surface area contributed by atoms with Crippen LogP contribution in [0.15, 0.2) is 59.4 Å². The van der Waals surface area contributed by atoms with Crippen LogP contribution in [0.2, 0.25) is 5.02 Å². The molecule has 1 aliphatic carbocycles. The van der Waals surface area contributed by atoms with Gasteiger partial charge in [-0.15, -0.1) is 11.3 Å². The number of rotatable bonds is 3. The molecule has 0 fully saturated rings. The SMILES string of the molecule is O=c1c2c3c(sc2nc(-c2ccccc2)n1Cc1cccc(Cl)c1)CCCC3. The Bertz CT molecular complexity index is 1230. The van der Waals surface area contributed by atoms with Crippen LogP contribution in [0, 0.1) is 0 Å². The summed E-state index contributed by atoms with van der Waals surface area (Å²) in [6, 6.07) is 17.6. The maximum Gasteiger partial charge on any atom is 0.263 e. The molecule has 0 saturated carbocycles. The zero-order chi connectivity index (χ0) is 19.1. The lowest BCUT2D eigenvalue weighted by Crippen LogP contribution is -2.24. The predicted octanol–water partition coefficient (Wildman–Crippen LogP) is 5.71. The van der Waals surface area contributed by atoms with E-state index in [1.807, 2.05) is 59.2 Å². The minimum Gasteiger partial charge on any atom is -0.288 e. The van der Waals surface area contributed by atoms with E-state index in [0.717, 1.165) is 46.4 Å². The summed E-state index contributed by atoms with van der Waals surface area (Å²) in [5.41, 5.74) is 3.23. The molecule has 2 aromatic carbocycles. The number of fused-ring (bicyclic) bond motifs is 3. The van der Waals surface area contributed by atoms with Crippen LogP contribution in [0.1, 0.15) is 28.8 Å². The van der Waals surface area contributed by atoms with Gasteiger partial charge in [-0.1, -0.05) is 54.1 Å². The second-order valence-corrected chi connectivity index (χ2v) is 8.73. The van der Waals surface area contributed by atoms with Crippen LogP contribution in [-0.2, 0) is 19.4 Å². The molecule has 0 N–H and O–H groups in total. The van der Waals surface area contributed by atoms with Crippen molar-refractivity contribution >= 4 is 33.2 Å². The number of hydrogen-bond donors (Lipinski definition) is 0. The Balaban J connectivity index is 1.77. The van der Waals surface area contributed by atoms with Crippen molar-refractivity contribution in [3.8, 4) is 11.4 Å². The first-order chi connectivity index (χ1) is 13.7. The van der Waals surface area contributed by atoms with Gasteiger partial charge in [0.15, 0.2) is 0 Å². The second kappa shape index (κ2) is 7.19. The first kappa shape index (κ1) is 17.7. The molecule has 0 radical (unpaired) electrons. The summed E-state index contributed by atoms with van der Waals surface area (Å²) in [4.78, 5) is 20.8. The van der Waals surface area contributed by atoms with Crippen LogP contribution in [0.3, 0.4) is 0 Å². The van der Waals surface area contributed by atoms with Gasteiger partial charge >= 0.3 is 0 Å². The van der Waals surface area contributed by atoms with Crippen molar-refractivity contribution in [2.75, 3.05) is 0 Å². The van der Waals surface area contributed by atoms with Crippen LogP contribution in [-0.4, -0.2) is 9.55 Å². The second-order valence-electron chi connectivity index (χ2n) is 7.21. The molecule has 4 aromatic rings. The van der Waals surface area contributed by atoms with Gasteiger partial charge in [-0.05, 0) is 48.9 Å². The Morgan fingerprint density at radius 2 is 1.86 bits per heavy atom. The van der Waals surface area contributed by atoms with Gasteiger partial charge in [-0.25, -0.2) is 4.98 Å². The summed E-state index contributed by atoms with van der Waals surface area (Å²) < 4.78 is 1.81. The fourth-order valence-electron chi connectivity index (χ4n) is 4.01. The van der Waals surface area contributed by atoms with E-state index in [1.165, 1.54) is 16.9 Å². The number of thiophene rings is 1. The van der Waals surface area contributed by atoms with Crippen molar-refractivity contribution in [1.82, 2.24) is 9.55 Å². The quantitative estimate of drug-likeness (QED) is 0.437. The third-order valence-corrected chi connectivity index (χ3v) is 6.76. The number of hydrogen-bond acceptors (Lipinski definition) is 3. The molecule has 3 nitrogen and oxygen atoms in total. The molecule has 0 atom stereocenters. The third-order valence-electron chi connectivity index (χ3n) is 5.34. The van der Waals surface area contributed by atoms with E-state index in [0.29, 0.717) is 11.6 Å². The van der Waals surface area contributed by atoms with E-state index in [-0.39, 0.29) is 5.56 Å². The topological polar surface area (TPSA) is 34.9 Å². The molecule has 1 aliphatic rings. The summed E-state index contributed by atoms with van der Waals surface area (Å²) in [5, 5.41) is 1.50. The highest BCUT2D eigenvalue weighted by Gasteiger charge is 2.22. The molecular formula is C23H19ClN2OS. The highest BCUT2D eigenvalue weighted by molar-refractivity contribution is 7.18. The van der Waals surface area contributed by atoms with E-state index in [9.17, 15) is 4.79 Å². The van der Waals surface area contributed by atoms with Crippen molar-refractivity contribution in [2.24, 2.45) is 0 Å². The molecule has 0 aliphatic heterocycles. The molecular weight excluding hydrogens is 388 g/mol. The molecule has 0 amide bonds. The molecule has 2 aromatic heterocycles. The van der Waals surface area contributed by atoms with Gasteiger partial charge in [0.2, 0.25) is 0 Å². The van der Waals surface area contributed by atoms with Gasteiger partial charge in [0.05, 0.1) is 11.9 Å². The minimum atomic E-state index is 0.0585. The zero-order valence-corrected chi connectivity index (χ0v) is 16.9. The van der Waals surface area contributed by atoms with Gasteiger partial charge in [0.1, 0.15) is 10.7 Å². The smallest absolute Gasteiger partial charge is 0.263 e. The Morgan fingerprint density at radius 1 is 1.04 bits per heavy atom. The Labute approximate surface area is 172 Å². The Morgan fingerprint density at radius 3 is 2.68 bits per heavy atom. The van der Waals surface area contributed by atoms with Crippen LogP contribution < -0.4 is 5.56 Å². The highest BCUT2D eigenvalue weighted by atomic mass is 35.5. The van der Waals surface area contributed by atoms with E-state index in [4.69, 9.17) is 16.6 Å². The van der Waals surface area contributed by atoms with Crippen LogP contribution in [0.5, 0.6) is 0 Å². The molecule has 140 valence electrons. The lowest BCUT2D eigenvalue weighted by molar-refractivity contribution is 0.698. The van der Waals surface area contributed by atoms with Gasteiger partial charge in [-0.3, -0.25) is 9.36 Å². The molecule has 0 bridgehead atoms. The average Bonchev–Trinajstić information content (AvgIpc) is 3.09. The highest BCUT2D eigenvalue weighted by Crippen LogP contribution is 2.35. The maximum absolute atomic E-state index is 13.6. The Hall–Kier alpha value is -2.43. The summed E-state index contributed by atoms with van der Waals surface area (Å²) in [7, 11) is 0.